The molecule has 5 heteroatoms. The van der Waals surface area contributed by atoms with Crippen LogP contribution in [0.15, 0.2) is 23.0 Å². The molecule has 0 saturated carbocycles. The highest BCUT2D eigenvalue weighted by Gasteiger charge is 2.13. The number of carbonyl (C=O) groups is 1. The number of aromatic nitrogens is 1. The van der Waals surface area contributed by atoms with Gasteiger partial charge < -0.3 is 14.5 Å². The minimum atomic E-state index is -0.399. The number of H-pyrrole nitrogens is 1. The zero-order valence-electron chi connectivity index (χ0n) is 8.86. The van der Waals surface area contributed by atoms with Crippen LogP contribution in [0.5, 0.6) is 11.5 Å². The monoisotopic (exact) mass is 231 g/mol. The first kappa shape index (κ1) is 9.89. The van der Waals surface area contributed by atoms with Gasteiger partial charge in [0.05, 0.1) is 11.1 Å². The summed E-state index contributed by atoms with van der Waals surface area (Å²) in [5.74, 6) is 1.24. The van der Waals surface area contributed by atoms with Crippen molar-refractivity contribution in [2.45, 2.75) is 0 Å². The Morgan fingerprint density at radius 1 is 1.12 bits per heavy atom. The van der Waals surface area contributed by atoms with Gasteiger partial charge in [0.15, 0.2) is 17.8 Å². The summed E-state index contributed by atoms with van der Waals surface area (Å²) in [6.07, 6.45) is 0.537. The Kier molecular flexibility index (Phi) is 2.11. The number of pyridine rings is 1. The molecule has 1 aromatic heterocycles. The molecular formula is C12H9NO4. The Morgan fingerprint density at radius 3 is 2.53 bits per heavy atom. The van der Waals surface area contributed by atoms with E-state index in [1.165, 1.54) is 0 Å². The van der Waals surface area contributed by atoms with Crippen molar-refractivity contribution in [2.75, 3.05) is 13.2 Å². The van der Waals surface area contributed by atoms with Crippen LogP contribution in [0.4, 0.5) is 0 Å². The molecule has 0 amide bonds. The van der Waals surface area contributed by atoms with Gasteiger partial charge in [-0.3, -0.25) is 9.59 Å². The summed E-state index contributed by atoms with van der Waals surface area (Å²) in [5.41, 5.74) is 0.336. The van der Waals surface area contributed by atoms with Crippen LogP contribution in [0, 0.1) is 0 Å². The van der Waals surface area contributed by atoms with Crippen molar-refractivity contribution in [3.63, 3.8) is 0 Å². The average Bonchev–Trinajstić information content (AvgIpc) is 2.35. The van der Waals surface area contributed by atoms with Gasteiger partial charge in [0.2, 0.25) is 0 Å². The number of fused-ring (bicyclic) bond motifs is 2. The lowest BCUT2D eigenvalue weighted by Crippen LogP contribution is -2.16. The first-order valence-electron chi connectivity index (χ1n) is 5.20. The van der Waals surface area contributed by atoms with Gasteiger partial charge in [-0.25, -0.2) is 0 Å². The molecule has 5 nitrogen and oxygen atoms in total. The maximum absolute atomic E-state index is 11.5. The van der Waals surface area contributed by atoms with Crippen molar-refractivity contribution >= 4 is 17.2 Å². The fraction of sp³-hybridized carbons (Fsp3) is 0.167. The standard InChI is InChI=1S/C12H9NO4/c14-6-8-3-7-4-10-11(17-2-1-16-10)5-9(7)13-12(8)15/h3-6H,1-2H2,(H,13,15). The van der Waals surface area contributed by atoms with Gasteiger partial charge in [0, 0.05) is 11.5 Å². The first-order chi connectivity index (χ1) is 8.28. The summed E-state index contributed by atoms with van der Waals surface area (Å²) >= 11 is 0. The second-order valence-electron chi connectivity index (χ2n) is 3.75. The second kappa shape index (κ2) is 3.62. The summed E-state index contributed by atoms with van der Waals surface area (Å²) in [7, 11) is 0. The largest absolute Gasteiger partial charge is 0.486 e. The smallest absolute Gasteiger partial charge is 0.259 e. The Bertz CT molecular complexity index is 659. The molecule has 0 fully saturated rings. The highest BCUT2D eigenvalue weighted by molar-refractivity contribution is 5.87. The molecule has 1 aliphatic rings. The van der Waals surface area contributed by atoms with Crippen LogP contribution in [0.25, 0.3) is 10.9 Å². The van der Waals surface area contributed by atoms with Gasteiger partial charge in [0.1, 0.15) is 13.2 Å². The fourth-order valence-electron chi connectivity index (χ4n) is 1.85. The molecule has 3 rings (SSSR count). The number of benzene rings is 1. The van der Waals surface area contributed by atoms with E-state index >= 15 is 0 Å². The Labute approximate surface area is 96.0 Å². The van der Waals surface area contributed by atoms with Gasteiger partial charge in [-0.1, -0.05) is 0 Å². The molecule has 1 aliphatic heterocycles. The zero-order valence-corrected chi connectivity index (χ0v) is 8.86. The van der Waals surface area contributed by atoms with Gasteiger partial charge >= 0.3 is 0 Å². The van der Waals surface area contributed by atoms with Gasteiger partial charge in [-0.15, -0.1) is 0 Å². The SMILES string of the molecule is O=Cc1cc2cc3c(cc2[nH]c1=O)OCCO3. The van der Waals surface area contributed by atoms with Crippen molar-refractivity contribution in [1.29, 1.82) is 0 Å². The van der Waals surface area contributed by atoms with Crippen LogP contribution in [0.1, 0.15) is 10.4 Å². The highest BCUT2D eigenvalue weighted by Crippen LogP contribution is 2.33. The van der Waals surface area contributed by atoms with E-state index in [1.807, 2.05) is 0 Å². The van der Waals surface area contributed by atoms with Crippen LogP contribution in [-0.4, -0.2) is 24.5 Å². The van der Waals surface area contributed by atoms with Gasteiger partial charge in [-0.2, -0.15) is 0 Å². The third-order valence-corrected chi connectivity index (χ3v) is 2.66. The Hall–Kier alpha value is -2.30. The normalized spacial score (nSPS) is 13.6. The third-order valence-electron chi connectivity index (χ3n) is 2.66. The van der Waals surface area contributed by atoms with Crippen molar-refractivity contribution in [2.24, 2.45) is 0 Å². The lowest BCUT2D eigenvalue weighted by molar-refractivity contribution is 0.112. The van der Waals surface area contributed by atoms with E-state index in [1.54, 1.807) is 18.2 Å². The molecular weight excluding hydrogens is 222 g/mol. The summed E-state index contributed by atoms with van der Waals surface area (Å²) in [4.78, 5) is 24.8. The predicted octanol–water partition coefficient (Wildman–Crippen LogP) is 1.11. The number of rotatable bonds is 1. The van der Waals surface area contributed by atoms with Crippen LogP contribution < -0.4 is 15.0 Å². The van der Waals surface area contributed by atoms with Crippen LogP contribution in [0.2, 0.25) is 0 Å². The van der Waals surface area contributed by atoms with E-state index in [2.05, 4.69) is 4.98 Å². The number of aromatic amines is 1. The molecule has 2 heterocycles. The average molecular weight is 231 g/mol. The van der Waals surface area contributed by atoms with Crippen LogP contribution in [0.3, 0.4) is 0 Å². The topological polar surface area (TPSA) is 68.4 Å². The van der Waals surface area contributed by atoms with E-state index in [0.717, 1.165) is 5.39 Å². The molecule has 0 spiro atoms. The Balaban J connectivity index is 2.30. The highest BCUT2D eigenvalue weighted by atomic mass is 16.6. The summed E-state index contributed by atoms with van der Waals surface area (Å²) < 4.78 is 10.8. The minimum Gasteiger partial charge on any atom is -0.486 e. The molecule has 0 atom stereocenters. The van der Waals surface area contributed by atoms with E-state index < -0.39 is 5.56 Å². The van der Waals surface area contributed by atoms with Crippen LogP contribution in [-0.2, 0) is 0 Å². The van der Waals surface area contributed by atoms with Crippen molar-refractivity contribution in [3.8, 4) is 11.5 Å². The summed E-state index contributed by atoms with van der Waals surface area (Å²) in [5, 5.41) is 0.746. The molecule has 0 radical (unpaired) electrons. The summed E-state index contributed by atoms with van der Waals surface area (Å²) in [6.45, 7) is 0.998. The maximum Gasteiger partial charge on any atom is 0.259 e. The molecule has 0 unspecified atom stereocenters. The number of aldehydes is 1. The number of carbonyl (C=O) groups excluding carboxylic acids is 1. The minimum absolute atomic E-state index is 0.106. The number of nitrogens with one attached hydrogen (secondary N) is 1. The predicted molar refractivity (Wildman–Crippen MR) is 60.9 cm³/mol. The second-order valence-corrected chi connectivity index (χ2v) is 3.75. The van der Waals surface area contributed by atoms with Crippen molar-refractivity contribution in [1.82, 2.24) is 4.98 Å². The quantitative estimate of drug-likeness (QED) is 0.746. The third kappa shape index (κ3) is 1.56. The number of ether oxygens (including phenoxy) is 2. The lowest BCUT2D eigenvalue weighted by Gasteiger charge is -2.18. The van der Waals surface area contributed by atoms with Crippen molar-refractivity contribution < 1.29 is 14.3 Å². The molecule has 1 aromatic carbocycles. The van der Waals surface area contributed by atoms with Gasteiger partial charge in [0.25, 0.3) is 5.56 Å². The molecule has 0 aliphatic carbocycles. The molecule has 0 bridgehead atoms. The van der Waals surface area contributed by atoms with E-state index in [4.69, 9.17) is 9.47 Å². The Morgan fingerprint density at radius 2 is 1.82 bits per heavy atom. The fourth-order valence-corrected chi connectivity index (χ4v) is 1.85. The van der Waals surface area contributed by atoms with E-state index in [9.17, 15) is 9.59 Å². The van der Waals surface area contributed by atoms with Gasteiger partial charge in [-0.05, 0) is 12.1 Å². The number of hydrogen-bond donors (Lipinski definition) is 1. The molecule has 17 heavy (non-hydrogen) atoms. The first-order valence-corrected chi connectivity index (χ1v) is 5.20. The molecule has 86 valence electrons. The lowest BCUT2D eigenvalue weighted by atomic mass is 10.1. The van der Waals surface area contributed by atoms with Crippen molar-refractivity contribution in [3.05, 3.63) is 34.1 Å². The van der Waals surface area contributed by atoms with E-state index in [-0.39, 0.29) is 5.56 Å². The molecule has 2 aromatic rings. The molecule has 1 N–H and O–H groups in total. The zero-order chi connectivity index (χ0) is 11.8. The number of hydrogen-bond acceptors (Lipinski definition) is 4. The van der Waals surface area contributed by atoms with Crippen LogP contribution >= 0.6 is 0 Å². The maximum atomic E-state index is 11.5. The summed E-state index contributed by atoms with van der Waals surface area (Å²) in [6, 6.07) is 5.01. The molecule has 0 saturated heterocycles. The van der Waals surface area contributed by atoms with E-state index in [0.29, 0.717) is 36.5 Å².